The highest BCUT2D eigenvalue weighted by Crippen LogP contribution is 2.22. The Labute approximate surface area is 123 Å². The number of hydrogen-bond acceptors (Lipinski definition) is 4. The average Bonchev–Trinajstić information content (AvgIpc) is 2.92. The van der Waals surface area contributed by atoms with Crippen LogP contribution in [0.15, 0.2) is 31.5 Å². The molecule has 0 aromatic carbocycles. The molecule has 2 rings (SSSR count). The maximum Gasteiger partial charge on any atom is 0.274 e. The number of thiophene rings is 1. The molecule has 0 unspecified atom stereocenters. The van der Waals surface area contributed by atoms with Gasteiger partial charge in [0.25, 0.3) is 5.91 Å². The van der Waals surface area contributed by atoms with E-state index in [0.717, 1.165) is 14.4 Å². The number of nitrogens with zero attached hydrogens (tertiary/aromatic N) is 1. The molecule has 19 heavy (non-hydrogen) atoms. The minimum atomic E-state index is -0.260. The van der Waals surface area contributed by atoms with Crippen LogP contribution >= 0.6 is 27.3 Å². The van der Waals surface area contributed by atoms with Gasteiger partial charge in [-0.3, -0.25) is 4.79 Å². The van der Waals surface area contributed by atoms with Crippen LogP contribution in [0, 0.1) is 13.8 Å². The summed E-state index contributed by atoms with van der Waals surface area (Å²) in [6.07, 6.45) is 0. The van der Waals surface area contributed by atoms with Gasteiger partial charge < -0.3 is 4.42 Å². The van der Waals surface area contributed by atoms with Gasteiger partial charge in [-0.2, -0.15) is 5.10 Å². The second kappa shape index (κ2) is 5.71. The molecule has 0 spiro atoms. The van der Waals surface area contributed by atoms with Crippen LogP contribution in [0.25, 0.3) is 0 Å². The molecule has 2 heterocycles. The van der Waals surface area contributed by atoms with Gasteiger partial charge in [-0.1, -0.05) is 0 Å². The molecule has 0 atom stereocenters. The standard InChI is InChI=1S/C13H13BrN2O2S/c1-7-6-10(9(3)18-7)13(17)16-15-8(2)11-4-5-12(14)19-11/h4-6H,1-3H3,(H,16,17)/b15-8-. The highest BCUT2D eigenvalue weighted by molar-refractivity contribution is 9.11. The van der Waals surface area contributed by atoms with Crippen LogP contribution in [0.4, 0.5) is 0 Å². The number of hydrazone groups is 1. The maximum atomic E-state index is 11.9. The molecule has 6 heteroatoms. The summed E-state index contributed by atoms with van der Waals surface area (Å²) in [7, 11) is 0. The predicted octanol–water partition coefficient (Wildman–Crippen LogP) is 3.87. The fraction of sp³-hybridized carbons (Fsp3) is 0.231. The number of carbonyl (C=O) groups excluding carboxylic acids is 1. The smallest absolute Gasteiger partial charge is 0.274 e. The van der Waals surface area contributed by atoms with Crippen molar-refractivity contribution in [2.75, 3.05) is 0 Å². The first-order valence-electron chi connectivity index (χ1n) is 5.64. The Bertz CT molecular complexity index is 643. The number of halogens is 1. The fourth-order valence-corrected chi connectivity index (χ4v) is 2.95. The van der Waals surface area contributed by atoms with E-state index in [1.807, 2.05) is 26.0 Å². The number of hydrogen-bond donors (Lipinski definition) is 1. The Morgan fingerprint density at radius 2 is 2.16 bits per heavy atom. The van der Waals surface area contributed by atoms with E-state index in [2.05, 4.69) is 26.5 Å². The van der Waals surface area contributed by atoms with Gasteiger partial charge in [0.15, 0.2) is 0 Å². The SMILES string of the molecule is C/C(=N/NC(=O)c1cc(C)oc1C)c1ccc(Br)s1. The second-order valence-corrected chi connectivity index (χ2v) is 6.53. The topological polar surface area (TPSA) is 54.6 Å². The molecule has 0 aliphatic rings. The molecule has 2 aromatic rings. The zero-order valence-electron chi connectivity index (χ0n) is 10.8. The lowest BCUT2D eigenvalue weighted by molar-refractivity contribution is 0.0953. The van der Waals surface area contributed by atoms with E-state index in [-0.39, 0.29) is 5.91 Å². The maximum absolute atomic E-state index is 11.9. The number of furan rings is 1. The van der Waals surface area contributed by atoms with E-state index in [1.54, 1.807) is 24.3 Å². The molecule has 0 saturated heterocycles. The normalized spacial score (nSPS) is 11.7. The van der Waals surface area contributed by atoms with Crippen LogP contribution in [-0.2, 0) is 0 Å². The Hall–Kier alpha value is -1.40. The van der Waals surface area contributed by atoms with Crippen LogP contribution in [0.5, 0.6) is 0 Å². The van der Waals surface area contributed by atoms with Gasteiger partial charge in [0.05, 0.1) is 19.9 Å². The summed E-state index contributed by atoms with van der Waals surface area (Å²) < 4.78 is 6.35. The molecule has 0 bridgehead atoms. The molecule has 0 aliphatic heterocycles. The Morgan fingerprint density at radius 1 is 1.42 bits per heavy atom. The van der Waals surface area contributed by atoms with Crippen molar-refractivity contribution in [1.82, 2.24) is 5.43 Å². The summed E-state index contributed by atoms with van der Waals surface area (Å²) >= 11 is 4.96. The number of nitrogens with one attached hydrogen (secondary N) is 1. The van der Waals surface area contributed by atoms with E-state index in [0.29, 0.717) is 17.1 Å². The minimum Gasteiger partial charge on any atom is -0.466 e. The molecule has 0 radical (unpaired) electrons. The summed E-state index contributed by atoms with van der Waals surface area (Å²) in [4.78, 5) is 12.9. The average molecular weight is 341 g/mol. The lowest BCUT2D eigenvalue weighted by Crippen LogP contribution is -2.19. The lowest BCUT2D eigenvalue weighted by atomic mass is 10.2. The molecule has 1 amide bonds. The predicted molar refractivity (Wildman–Crippen MR) is 79.9 cm³/mol. The van der Waals surface area contributed by atoms with Gasteiger partial charge in [0.2, 0.25) is 0 Å². The van der Waals surface area contributed by atoms with E-state index in [4.69, 9.17) is 4.42 Å². The molecule has 100 valence electrons. The largest absolute Gasteiger partial charge is 0.466 e. The van der Waals surface area contributed by atoms with Gasteiger partial charge >= 0.3 is 0 Å². The molecule has 4 nitrogen and oxygen atoms in total. The molecule has 0 saturated carbocycles. The summed E-state index contributed by atoms with van der Waals surface area (Å²) in [6, 6.07) is 5.61. The van der Waals surface area contributed by atoms with Gasteiger partial charge in [0, 0.05) is 0 Å². The monoisotopic (exact) mass is 340 g/mol. The molecular formula is C13H13BrN2O2S. The summed E-state index contributed by atoms with van der Waals surface area (Å²) in [5.74, 6) is 1.05. The van der Waals surface area contributed by atoms with Crippen molar-refractivity contribution in [1.29, 1.82) is 0 Å². The first-order valence-corrected chi connectivity index (χ1v) is 7.25. The third kappa shape index (κ3) is 3.33. The van der Waals surface area contributed by atoms with Crippen LogP contribution in [0.3, 0.4) is 0 Å². The zero-order chi connectivity index (χ0) is 14.0. The van der Waals surface area contributed by atoms with Crippen LogP contribution < -0.4 is 5.43 Å². The minimum absolute atomic E-state index is 0.260. The third-order valence-electron chi connectivity index (χ3n) is 2.54. The van der Waals surface area contributed by atoms with Crippen molar-refractivity contribution in [2.24, 2.45) is 5.10 Å². The third-order valence-corrected chi connectivity index (χ3v) is 4.27. The van der Waals surface area contributed by atoms with Gasteiger partial charge in [-0.15, -0.1) is 11.3 Å². The van der Waals surface area contributed by atoms with Crippen molar-refractivity contribution in [3.05, 3.63) is 43.9 Å². The van der Waals surface area contributed by atoms with E-state index < -0.39 is 0 Å². The van der Waals surface area contributed by atoms with Crippen LogP contribution in [-0.4, -0.2) is 11.6 Å². The van der Waals surface area contributed by atoms with Crippen LogP contribution in [0.2, 0.25) is 0 Å². The highest BCUT2D eigenvalue weighted by atomic mass is 79.9. The summed E-state index contributed by atoms with van der Waals surface area (Å²) in [5, 5.41) is 4.10. The summed E-state index contributed by atoms with van der Waals surface area (Å²) in [6.45, 7) is 5.42. The van der Waals surface area contributed by atoms with Gasteiger partial charge in [-0.05, 0) is 54.9 Å². The highest BCUT2D eigenvalue weighted by Gasteiger charge is 2.13. The van der Waals surface area contributed by atoms with Gasteiger partial charge in [0.1, 0.15) is 11.5 Å². The number of carbonyl (C=O) groups is 1. The Morgan fingerprint density at radius 3 is 2.68 bits per heavy atom. The Kier molecular flexibility index (Phi) is 4.21. The summed E-state index contributed by atoms with van der Waals surface area (Å²) in [5.41, 5.74) is 3.82. The number of rotatable bonds is 3. The Balaban J connectivity index is 2.10. The van der Waals surface area contributed by atoms with Crippen molar-refractivity contribution < 1.29 is 9.21 Å². The van der Waals surface area contributed by atoms with E-state index >= 15 is 0 Å². The van der Waals surface area contributed by atoms with Crippen LogP contribution in [0.1, 0.15) is 33.7 Å². The molecule has 1 N–H and O–H groups in total. The zero-order valence-corrected chi connectivity index (χ0v) is 13.2. The van der Waals surface area contributed by atoms with E-state index in [9.17, 15) is 4.79 Å². The van der Waals surface area contributed by atoms with Crippen molar-refractivity contribution in [2.45, 2.75) is 20.8 Å². The molecule has 2 aromatic heterocycles. The lowest BCUT2D eigenvalue weighted by Gasteiger charge is -1.99. The van der Waals surface area contributed by atoms with Crippen molar-refractivity contribution >= 4 is 38.9 Å². The number of amides is 1. The number of aryl methyl sites for hydroxylation is 2. The molecular weight excluding hydrogens is 328 g/mol. The first kappa shape index (κ1) is 14.0. The fourth-order valence-electron chi connectivity index (χ4n) is 1.61. The van der Waals surface area contributed by atoms with E-state index in [1.165, 1.54) is 0 Å². The first-order chi connectivity index (χ1) is 8.97. The second-order valence-electron chi connectivity index (χ2n) is 4.07. The van der Waals surface area contributed by atoms with Crippen molar-refractivity contribution in [3.8, 4) is 0 Å². The van der Waals surface area contributed by atoms with Crippen molar-refractivity contribution in [3.63, 3.8) is 0 Å². The molecule has 0 aliphatic carbocycles. The quantitative estimate of drug-likeness (QED) is 0.680. The molecule has 0 fully saturated rings. The van der Waals surface area contributed by atoms with Gasteiger partial charge in [-0.25, -0.2) is 5.43 Å².